The van der Waals surface area contributed by atoms with Crippen LogP contribution in [0.2, 0.25) is 0 Å². The van der Waals surface area contributed by atoms with Crippen LogP contribution in [0.25, 0.3) is 182 Å². The number of rotatable bonds is 10. The topological polar surface area (TPSA) is 141 Å². The zero-order chi connectivity index (χ0) is 86.0. The number of esters is 1. The van der Waals surface area contributed by atoms with Crippen molar-refractivity contribution < 1.29 is 9.53 Å². The number of hydrogen-bond acceptors (Lipinski definition) is 6. The average molecular weight is 1610 g/mol. The second-order valence-electron chi connectivity index (χ2n) is 39.5. The van der Waals surface area contributed by atoms with Gasteiger partial charge in [-0.1, -0.05) is 294 Å². The molecule has 123 heavy (non-hydrogen) atoms. The van der Waals surface area contributed by atoms with Crippen molar-refractivity contribution in [1.29, 1.82) is 0 Å². The molecule has 0 unspecified atom stereocenters. The predicted octanol–water partition coefficient (Wildman–Crippen LogP) is 30.0. The average Bonchev–Trinajstić information content (AvgIpc) is 1.64. The molecule has 4 aliphatic heterocycles. The van der Waals surface area contributed by atoms with Crippen LogP contribution in [0.3, 0.4) is 0 Å². The van der Waals surface area contributed by atoms with E-state index in [0.717, 1.165) is 179 Å². The van der Waals surface area contributed by atoms with Crippen LogP contribution in [0.1, 0.15) is 214 Å². The van der Waals surface area contributed by atoms with Crippen molar-refractivity contribution in [2.45, 2.75) is 157 Å². The first-order valence-electron chi connectivity index (χ1n) is 43.0. The Morgan fingerprint density at radius 3 is 0.504 bits per heavy atom. The molecule has 0 fully saturated rings. The number of ether oxygens (including phenoxy) is 1. The van der Waals surface area contributed by atoms with Crippen molar-refractivity contribution in [2.75, 3.05) is 0 Å². The Morgan fingerprint density at radius 2 is 0.350 bits per heavy atom. The van der Waals surface area contributed by atoms with Crippen LogP contribution in [-0.2, 0) is 32.5 Å². The van der Waals surface area contributed by atoms with E-state index < -0.39 is 5.97 Å². The van der Waals surface area contributed by atoms with E-state index in [1.165, 1.54) is 33.4 Å². The first kappa shape index (κ1) is 80.5. The number of nitrogens with one attached hydrogen (secondary N) is 4. The molecule has 4 N–H and O–H groups in total. The first-order valence-corrected chi connectivity index (χ1v) is 43.0. The van der Waals surface area contributed by atoms with Gasteiger partial charge in [0.25, 0.3) is 0 Å². The Balaban J connectivity index is 0.763. The van der Waals surface area contributed by atoms with Gasteiger partial charge < -0.3 is 24.7 Å². The van der Waals surface area contributed by atoms with Gasteiger partial charge in [0.2, 0.25) is 0 Å². The van der Waals surface area contributed by atoms with Gasteiger partial charge in [-0.2, -0.15) is 0 Å². The lowest BCUT2D eigenvalue weighted by Gasteiger charge is -2.19. The minimum Gasteiger partial charge on any atom is -0.423 e. The molecular formula is C113H106N8O2. The molecule has 0 saturated carbocycles. The van der Waals surface area contributed by atoms with Crippen molar-refractivity contribution in [3.63, 3.8) is 0 Å². The molecule has 0 atom stereocenters. The van der Waals surface area contributed by atoms with Gasteiger partial charge in [0.05, 0.1) is 51.1 Å². The normalized spacial score (nSPS) is 13.0. The Labute approximate surface area is 722 Å². The molecule has 16 bridgehead atoms. The highest BCUT2D eigenvalue weighted by molar-refractivity contribution is 6.04. The third kappa shape index (κ3) is 15.8. The van der Waals surface area contributed by atoms with Crippen LogP contribution in [0, 0.1) is 0 Å². The summed E-state index contributed by atoms with van der Waals surface area (Å²) in [6.07, 6.45) is 17.1. The summed E-state index contributed by atoms with van der Waals surface area (Å²) < 4.78 is 6.39. The lowest BCUT2D eigenvalue weighted by atomic mass is 9.86. The van der Waals surface area contributed by atoms with Gasteiger partial charge in [-0.3, -0.25) is 0 Å². The van der Waals surface area contributed by atoms with E-state index >= 15 is 0 Å². The molecule has 0 aliphatic carbocycles. The zero-order valence-electron chi connectivity index (χ0n) is 73.8. The summed E-state index contributed by atoms with van der Waals surface area (Å²) in [5.74, 6) is -0.110. The van der Waals surface area contributed by atoms with Crippen LogP contribution < -0.4 is 4.74 Å². The van der Waals surface area contributed by atoms with Gasteiger partial charge in [-0.25, -0.2) is 24.7 Å². The summed E-state index contributed by atoms with van der Waals surface area (Å²) in [5, 5.41) is 0. The third-order valence-electron chi connectivity index (χ3n) is 24.5. The summed E-state index contributed by atoms with van der Waals surface area (Å²) in [7, 11) is 0. The maximum absolute atomic E-state index is 14.8. The molecule has 10 heterocycles. The molecule has 0 amide bonds. The quantitative estimate of drug-likeness (QED) is 0.0794. The largest absolute Gasteiger partial charge is 0.423 e. The monoisotopic (exact) mass is 1610 g/mol. The van der Waals surface area contributed by atoms with Crippen molar-refractivity contribution >= 4 is 98.7 Å². The highest BCUT2D eigenvalue weighted by Crippen LogP contribution is 2.45. The van der Waals surface area contributed by atoms with Crippen LogP contribution in [0.4, 0.5) is 0 Å². The van der Waals surface area contributed by atoms with Crippen molar-refractivity contribution in [3.05, 3.63) is 327 Å². The number of nitrogens with zero attached hydrogens (tertiary/aromatic N) is 4. The fourth-order valence-corrected chi connectivity index (χ4v) is 17.3. The van der Waals surface area contributed by atoms with E-state index in [1.807, 2.05) is 48.5 Å². The molecule has 6 aromatic heterocycles. The molecule has 8 aromatic carbocycles. The standard InChI is InChI=1S/C113H106N8O2/c1-108(2,3)76-37-23-68(24-38-76)100-85-53-51-83(114-85)99(84-52-54-86(115-84)101(69-25-39-77(40-26-69)109(4,5)6)88-56-58-90(117-88)102(89-57-55-87(100)116-89)70-27-41-78(42-28-70)110(7,8)9)67-19-21-75(22-20-67)107(122)123-82-49-35-74(36-50-82)106-97-65-63-95(120-97)104(72-31-45-80(46-32-72)112(13,14)15)93-61-59-91(118-93)103(71-29-43-79(44-30-71)111(10,11)12)92-60-62-94(119-92)105(96-64-66-98(106)121-96)73-33-47-81(48-34-73)113(16,17)18/h19-66,114,117-118,121H,1-18H3. The predicted molar refractivity (Wildman–Crippen MR) is 518 cm³/mol. The Kier molecular flexibility index (Phi) is 20.0. The summed E-state index contributed by atoms with van der Waals surface area (Å²) in [6, 6.07) is 86.4. The van der Waals surface area contributed by atoms with Gasteiger partial charge in [0.15, 0.2) is 0 Å². The van der Waals surface area contributed by atoms with Gasteiger partial charge in [-0.05, 0) is 232 Å². The number of fused-ring (bicyclic) bond motifs is 16. The maximum Gasteiger partial charge on any atom is 0.343 e. The van der Waals surface area contributed by atoms with Gasteiger partial charge >= 0.3 is 5.97 Å². The molecule has 4 aliphatic rings. The van der Waals surface area contributed by atoms with Crippen molar-refractivity contribution in [1.82, 2.24) is 39.9 Å². The molecule has 610 valence electrons. The molecule has 18 rings (SSSR count). The smallest absolute Gasteiger partial charge is 0.343 e. The molecule has 10 heteroatoms. The number of carbonyl (C=O) groups excluding carboxylic acids is 1. The highest BCUT2D eigenvalue weighted by atomic mass is 16.5. The molecule has 0 spiro atoms. The number of aromatic nitrogens is 8. The summed E-state index contributed by atoms with van der Waals surface area (Å²) in [4.78, 5) is 53.2. The molecular weight excluding hydrogens is 1500 g/mol. The number of aromatic amines is 4. The maximum atomic E-state index is 14.8. The third-order valence-corrected chi connectivity index (χ3v) is 24.5. The van der Waals surface area contributed by atoms with E-state index in [4.69, 9.17) is 24.7 Å². The number of carbonyl (C=O) groups is 1. The Morgan fingerprint density at radius 1 is 0.203 bits per heavy atom. The fraction of sp³-hybridized carbons (Fsp3) is 0.212. The van der Waals surface area contributed by atoms with Crippen LogP contribution in [0.5, 0.6) is 5.75 Å². The van der Waals surface area contributed by atoms with E-state index in [-0.39, 0.29) is 32.5 Å². The fourth-order valence-electron chi connectivity index (χ4n) is 17.3. The first-order chi connectivity index (χ1) is 58.6. The van der Waals surface area contributed by atoms with Crippen LogP contribution in [0.15, 0.2) is 243 Å². The minimum absolute atomic E-state index is 0.0295. The van der Waals surface area contributed by atoms with Gasteiger partial charge in [-0.15, -0.1) is 0 Å². The highest BCUT2D eigenvalue weighted by Gasteiger charge is 2.27. The lowest BCUT2D eigenvalue weighted by molar-refractivity contribution is 0.0734. The second kappa shape index (κ2) is 30.5. The van der Waals surface area contributed by atoms with Crippen LogP contribution >= 0.6 is 0 Å². The van der Waals surface area contributed by atoms with Gasteiger partial charge in [0.1, 0.15) is 5.75 Å². The Bertz CT molecular complexity index is 6920. The minimum atomic E-state index is -0.498. The van der Waals surface area contributed by atoms with E-state index in [2.05, 4.69) is 387 Å². The Hall–Kier alpha value is -13.6. The summed E-state index contributed by atoms with van der Waals surface area (Å²) in [6.45, 7) is 40.5. The van der Waals surface area contributed by atoms with Gasteiger partial charge in [0, 0.05) is 88.6 Å². The number of hydrogen-bond donors (Lipinski definition) is 4. The lowest BCUT2D eigenvalue weighted by Crippen LogP contribution is -2.10. The van der Waals surface area contributed by atoms with E-state index in [9.17, 15) is 4.79 Å². The molecule has 14 aromatic rings. The van der Waals surface area contributed by atoms with Crippen molar-refractivity contribution in [2.24, 2.45) is 0 Å². The molecule has 0 saturated heterocycles. The van der Waals surface area contributed by atoms with Crippen molar-refractivity contribution in [3.8, 4) is 94.8 Å². The summed E-state index contributed by atoms with van der Waals surface area (Å²) >= 11 is 0. The summed E-state index contributed by atoms with van der Waals surface area (Å²) in [5.41, 5.74) is 36.8. The number of H-pyrrole nitrogens is 4. The molecule has 0 radical (unpaired) electrons. The van der Waals surface area contributed by atoms with E-state index in [0.29, 0.717) is 11.3 Å². The van der Waals surface area contributed by atoms with E-state index in [1.54, 1.807) is 0 Å². The molecule has 10 nitrogen and oxygen atoms in total. The van der Waals surface area contributed by atoms with Crippen LogP contribution in [-0.4, -0.2) is 45.8 Å². The second-order valence-corrected chi connectivity index (χ2v) is 39.5. The SMILES string of the molecule is CC(C)(C)c1ccc(-c2c3nc(c(-c4ccc(C(C)(C)C)cc4)c4ccc([nH]4)c(-c4ccc(C(C)(C)C)cc4)c4nc(c(-c5ccc(OC(=O)c6ccc(-c7c8nc(c(-c9ccc(C(C)(C)C)cc9)c9ccc([nH]9)c(-c9ccc(C(C)(C)C)cc9)c9nc(c(-c%10ccc(C(C)(C)C)cc%10)c%10ccc7[nH]%10)C=C9)C=C8)cc6)cc5)c5ccc2[nH]5)C=C4)C=C3)cc1. The zero-order valence-corrected chi connectivity index (χ0v) is 73.8. The number of benzene rings is 8.